The van der Waals surface area contributed by atoms with Crippen LogP contribution in [0.4, 0.5) is 0 Å². The molecule has 1 unspecified atom stereocenters. The highest BCUT2D eigenvalue weighted by Gasteiger charge is 2.20. The van der Waals surface area contributed by atoms with Crippen LogP contribution < -0.4 is 11.1 Å². The lowest BCUT2D eigenvalue weighted by atomic mass is 10.00. The van der Waals surface area contributed by atoms with Gasteiger partial charge in [0.1, 0.15) is 0 Å². The molecule has 3 N–H and O–H groups in total. The fourth-order valence-electron chi connectivity index (χ4n) is 2.06. The summed E-state index contributed by atoms with van der Waals surface area (Å²) >= 11 is 0. The molecule has 1 aliphatic rings. The summed E-state index contributed by atoms with van der Waals surface area (Å²) in [6.45, 7) is 4.21. The van der Waals surface area contributed by atoms with Crippen LogP contribution in [0.2, 0.25) is 0 Å². The second-order valence-corrected chi connectivity index (χ2v) is 3.93. The SMILES string of the molecule is CC(NCCCN)C1CCCC1. The monoisotopic (exact) mass is 170 g/mol. The average Bonchev–Trinajstić information content (AvgIpc) is 2.56. The molecular formula is C10H22N2. The van der Waals surface area contributed by atoms with E-state index in [1.165, 1.54) is 25.7 Å². The van der Waals surface area contributed by atoms with Gasteiger partial charge in [0.25, 0.3) is 0 Å². The molecule has 2 nitrogen and oxygen atoms in total. The van der Waals surface area contributed by atoms with E-state index in [0.29, 0.717) is 6.04 Å². The van der Waals surface area contributed by atoms with Crippen LogP contribution in [0, 0.1) is 5.92 Å². The van der Waals surface area contributed by atoms with Gasteiger partial charge in [-0.15, -0.1) is 0 Å². The van der Waals surface area contributed by atoms with E-state index in [1.807, 2.05) is 0 Å². The fourth-order valence-corrected chi connectivity index (χ4v) is 2.06. The van der Waals surface area contributed by atoms with Crippen LogP contribution in [-0.2, 0) is 0 Å². The third-order valence-corrected chi connectivity index (χ3v) is 2.95. The van der Waals surface area contributed by atoms with Gasteiger partial charge in [-0.3, -0.25) is 0 Å². The number of hydrogen-bond acceptors (Lipinski definition) is 2. The zero-order valence-electron chi connectivity index (χ0n) is 8.18. The molecule has 0 aliphatic heterocycles. The minimum Gasteiger partial charge on any atom is -0.330 e. The summed E-state index contributed by atoms with van der Waals surface area (Å²) < 4.78 is 0. The number of hydrogen-bond donors (Lipinski definition) is 2. The van der Waals surface area contributed by atoms with Crippen LogP contribution in [0.3, 0.4) is 0 Å². The van der Waals surface area contributed by atoms with E-state index in [-0.39, 0.29) is 0 Å². The van der Waals surface area contributed by atoms with Crippen molar-refractivity contribution in [2.45, 2.75) is 45.1 Å². The Balaban J connectivity index is 2.05. The first-order valence-corrected chi connectivity index (χ1v) is 5.28. The highest BCUT2D eigenvalue weighted by molar-refractivity contribution is 4.76. The summed E-state index contributed by atoms with van der Waals surface area (Å²) in [6, 6.07) is 0.707. The number of rotatable bonds is 5. The molecule has 0 aromatic heterocycles. The molecule has 1 aliphatic carbocycles. The predicted molar refractivity (Wildman–Crippen MR) is 53.1 cm³/mol. The summed E-state index contributed by atoms with van der Waals surface area (Å²) in [5.41, 5.74) is 5.43. The van der Waals surface area contributed by atoms with Gasteiger partial charge in [0.2, 0.25) is 0 Å². The Morgan fingerprint density at radius 2 is 2.08 bits per heavy atom. The summed E-state index contributed by atoms with van der Waals surface area (Å²) in [5.74, 6) is 0.933. The van der Waals surface area contributed by atoms with Gasteiger partial charge in [-0.2, -0.15) is 0 Å². The zero-order chi connectivity index (χ0) is 8.81. The maximum atomic E-state index is 5.43. The predicted octanol–water partition coefficient (Wildman–Crippen LogP) is 1.50. The second-order valence-electron chi connectivity index (χ2n) is 3.93. The van der Waals surface area contributed by atoms with E-state index in [0.717, 1.165) is 25.4 Å². The lowest BCUT2D eigenvalue weighted by molar-refractivity contribution is 0.381. The summed E-state index contributed by atoms with van der Waals surface area (Å²) in [6.07, 6.45) is 6.84. The standard InChI is InChI=1S/C10H22N2/c1-9(12-8-4-7-11)10-5-2-3-6-10/h9-10,12H,2-8,11H2,1H3. The Kier molecular flexibility index (Phi) is 4.62. The zero-order valence-corrected chi connectivity index (χ0v) is 8.18. The topological polar surface area (TPSA) is 38.0 Å². The minimum absolute atomic E-state index is 0.707. The van der Waals surface area contributed by atoms with Crippen molar-refractivity contribution < 1.29 is 0 Å². The normalized spacial score (nSPS) is 21.5. The molecular weight excluding hydrogens is 148 g/mol. The molecule has 0 radical (unpaired) electrons. The molecule has 1 rings (SSSR count). The first-order chi connectivity index (χ1) is 5.84. The number of nitrogens with two attached hydrogens (primary N) is 1. The highest BCUT2D eigenvalue weighted by atomic mass is 14.9. The van der Waals surface area contributed by atoms with Gasteiger partial charge in [0.05, 0.1) is 0 Å². The van der Waals surface area contributed by atoms with Gasteiger partial charge in [-0.1, -0.05) is 12.8 Å². The highest BCUT2D eigenvalue weighted by Crippen LogP contribution is 2.27. The largest absolute Gasteiger partial charge is 0.330 e. The molecule has 1 fully saturated rings. The van der Waals surface area contributed by atoms with Crippen molar-refractivity contribution in [3.63, 3.8) is 0 Å². The lowest BCUT2D eigenvalue weighted by Gasteiger charge is -2.19. The molecule has 0 amide bonds. The molecule has 0 spiro atoms. The third kappa shape index (κ3) is 3.11. The van der Waals surface area contributed by atoms with Crippen LogP contribution >= 0.6 is 0 Å². The molecule has 0 saturated heterocycles. The maximum absolute atomic E-state index is 5.43. The van der Waals surface area contributed by atoms with Gasteiger partial charge in [0, 0.05) is 6.04 Å². The molecule has 0 aromatic rings. The van der Waals surface area contributed by atoms with Crippen molar-refractivity contribution in [2.24, 2.45) is 11.7 Å². The van der Waals surface area contributed by atoms with Gasteiger partial charge in [0.15, 0.2) is 0 Å². The Hall–Kier alpha value is -0.0800. The van der Waals surface area contributed by atoms with Gasteiger partial charge >= 0.3 is 0 Å². The van der Waals surface area contributed by atoms with Crippen molar-refractivity contribution in [2.75, 3.05) is 13.1 Å². The van der Waals surface area contributed by atoms with E-state index in [2.05, 4.69) is 12.2 Å². The Labute approximate surface area is 75.9 Å². The molecule has 0 aromatic carbocycles. The van der Waals surface area contributed by atoms with E-state index >= 15 is 0 Å². The van der Waals surface area contributed by atoms with Crippen LogP contribution in [0.1, 0.15) is 39.0 Å². The first kappa shape index (κ1) is 10.0. The van der Waals surface area contributed by atoms with Gasteiger partial charge in [-0.05, 0) is 45.2 Å². The Bertz CT molecular complexity index is 108. The van der Waals surface area contributed by atoms with Crippen LogP contribution in [0.15, 0.2) is 0 Å². The molecule has 72 valence electrons. The Morgan fingerprint density at radius 1 is 1.42 bits per heavy atom. The van der Waals surface area contributed by atoms with E-state index < -0.39 is 0 Å². The fraction of sp³-hybridized carbons (Fsp3) is 1.00. The van der Waals surface area contributed by atoms with Crippen LogP contribution in [0.5, 0.6) is 0 Å². The summed E-state index contributed by atoms with van der Waals surface area (Å²) in [4.78, 5) is 0. The molecule has 1 atom stereocenters. The van der Waals surface area contributed by atoms with Crippen molar-refractivity contribution in [1.82, 2.24) is 5.32 Å². The minimum atomic E-state index is 0.707. The molecule has 12 heavy (non-hydrogen) atoms. The van der Waals surface area contributed by atoms with Crippen molar-refractivity contribution >= 4 is 0 Å². The first-order valence-electron chi connectivity index (χ1n) is 5.28. The molecule has 0 bridgehead atoms. The van der Waals surface area contributed by atoms with Crippen molar-refractivity contribution in [3.8, 4) is 0 Å². The Morgan fingerprint density at radius 3 is 2.67 bits per heavy atom. The quantitative estimate of drug-likeness (QED) is 0.614. The van der Waals surface area contributed by atoms with E-state index in [4.69, 9.17) is 5.73 Å². The van der Waals surface area contributed by atoms with Crippen molar-refractivity contribution in [1.29, 1.82) is 0 Å². The molecule has 2 heteroatoms. The van der Waals surface area contributed by atoms with Crippen LogP contribution in [-0.4, -0.2) is 19.1 Å². The van der Waals surface area contributed by atoms with Crippen LogP contribution in [0.25, 0.3) is 0 Å². The maximum Gasteiger partial charge on any atom is 0.00670 e. The average molecular weight is 170 g/mol. The summed E-state index contributed by atoms with van der Waals surface area (Å²) in [5, 5.41) is 3.55. The third-order valence-electron chi connectivity index (χ3n) is 2.95. The molecule has 1 saturated carbocycles. The smallest absolute Gasteiger partial charge is 0.00670 e. The molecule has 0 heterocycles. The lowest BCUT2D eigenvalue weighted by Crippen LogP contribution is -2.33. The van der Waals surface area contributed by atoms with Crippen molar-refractivity contribution in [3.05, 3.63) is 0 Å². The van der Waals surface area contributed by atoms with E-state index in [1.54, 1.807) is 0 Å². The number of nitrogens with one attached hydrogen (secondary N) is 1. The second kappa shape index (κ2) is 5.55. The summed E-state index contributed by atoms with van der Waals surface area (Å²) in [7, 11) is 0. The van der Waals surface area contributed by atoms with Gasteiger partial charge in [-0.25, -0.2) is 0 Å². The van der Waals surface area contributed by atoms with Gasteiger partial charge < -0.3 is 11.1 Å². The van der Waals surface area contributed by atoms with E-state index in [9.17, 15) is 0 Å².